The largest absolute Gasteiger partial charge is 0.379 e. The molecule has 4 heterocycles. The number of aromatic nitrogens is 2. The van der Waals surface area contributed by atoms with Crippen molar-refractivity contribution < 1.29 is 4.74 Å². The predicted molar refractivity (Wildman–Crippen MR) is 125 cm³/mol. The van der Waals surface area contributed by atoms with Crippen LogP contribution < -0.4 is 5.32 Å². The van der Waals surface area contributed by atoms with E-state index in [1.54, 1.807) is 0 Å². The predicted octanol–water partition coefficient (Wildman–Crippen LogP) is 3.18. The highest BCUT2D eigenvalue weighted by Gasteiger charge is 2.41. The van der Waals surface area contributed by atoms with Crippen LogP contribution in [0.15, 0.2) is 73.1 Å². The Morgan fingerprint density at radius 1 is 0.968 bits per heavy atom. The summed E-state index contributed by atoms with van der Waals surface area (Å²) in [4.78, 5) is 9.44. The second-order valence-electron chi connectivity index (χ2n) is 7.91. The quantitative estimate of drug-likeness (QED) is 0.603. The van der Waals surface area contributed by atoms with E-state index in [0.29, 0.717) is 0 Å². The third kappa shape index (κ3) is 4.21. The minimum absolute atomic E-state index is 0.00393. The molecule has 2 atom stereocenters. The SMILES string of the molecule is S=C1NC(c2ccccn2)C(c2cccn2-c2ccccc2)N1CCN1CCOCC1. The standard InChI is InChI=1S/C24H27N5OS/c31-24-26-22(20-9-4-5-11-25-20)23(29(24)14-13-27-15-17-30-18-16-27)21-10-6-12-28(21)19-7-2-1-3-8-19/h1-12,22-23H,13-18H2,(H,26,31). The maximum Gasteiger partial charge on any atom is 0.170 e. The molecule has 2 aromatic heterocycles. The highest BCUT2D eigenvalue weighted by molar-refractivity contribution is 7.80. The monoisotopic (exact) mass is 433 g/mol. The van der Waals surface area contributed by atoms with E-state index in [2.05, 4.69) is 73.3 Å². The van der Waals surface area contributed by atoms with Gasteiger partial charge in [0, 0.05) is 50.0 Å². The van der Waals surface area contributed by atoms with Gasteiger partial charge in [0.15, 0.2) is 5.11 Å². The molecule has 0 amide bonds. The maximum absolute atomic E-state index is 5.83. The number of pyridine rings is 1. The highest BCUT2D eigenvalue weighted by atomic mass is 32.1. The van der Waals surface area contributed by atoms with Gasteiger partial charge in [0.1, 0.15) is 0 Å². The van der Waals surface area contributed by atoms with Crippen LogP contribution in [0.25, 0.3) is 5.69 Å². The van der Waals surface area contributed by atoms with Gasteiger partial charge in [-0.1, -0.05) is 24.3 Å². The van der Waals surface area contributed by atoms with E-state index in [9.17, 15) is 0 Å². The van der Waals surface area contributed by atoms with E-state index >= 15 is 0 Å². The normalized spacial score (nSPS) is 21.9. The average molecular weight is 434 g/mol. The van der Waals surface area contributed by atoms with Gasteiger partial charge in [-0.3, -0.25) is 9.88 Å². The van der Waals surface area contributed by atoms with Crippen molar-refractivity contribution >= 4 is 17.3 Å². The molecule has 0 aliphatic carbocycles. The fourth-order valence-electron chi connectivity index (χ4n) is 4.50. The molecule has 2 aliphatic rings. The Kier molecular flexibility index (Phi) is 5.97. The Morgan fingerprint density at radius 2 is 1.77 bits per heavy atom. The molecule has 1 N–H and O–H groups in total. The number of ether oxygens (including phenoxy) is 1. The highest BCUT2D eigenvalue weighted by Crippen LogP contribution is 2.39. The third-order valence-corrected chi connectivity index (χ3v) is 6.43. The molecular formula is C24H27N5OS. The molecule has 7 heteroatoms. The van der Waals surface area contributed by atoms with Crippen molar-refractivity contribution in [3.8, 4) is 5.69 Å². The maximum atomic E-state index is 5.83. The Bertz CT molecular complexity index is 1000. The average Bonchev–Trinajstić information content (AvgIpc) is 3.44. The summed E-state index contributed by atoms with van der Waals surface area (Å²) in [5, 5.41) is 4.35. The number of para-hydroxylation sites is 1. The molecule has 2 fully saturated rings. The van der Waals surface area contributed by atoms with Crippen LogP contribution in [0.4, 0.5) is 0 Å². The van der Waals surface area contributed by atoms with Gasteiger partial charge < -0.3 is 19.5 Å². The van der Waals surface area contributed by atoms with Gasteiger partial charge >= 0.3 is 0 Å². The summed E-state index contributed by atoms with van der Waals surface area (Å²) < 4.78 is 7.77. The van der Waals surface area contributed by atoms with Gasteiger partial charge in [-0.25, -0.2) is 0 Å². The fraction of sp³-hybridized carbons (Fsp3) is 0.333. The van der Waals surface area contributed by atoms with Crippen LogP contribution in [-0.4, -0.2) is 63.9 Å². The van der Waals surface area contributed by atoms with Crippen LogP contribution in [-0.2, 0) is 4.74 Å². The molecule has 2 saturated heterocycles. The zero-order chi connectivity index (χ0) is 21.0. The van der Waals surface area contributed by atoms with E-state index in [-0.39, 0.29) is 12.1 Å². The summed E-state index contributed by atoms with van der Waals surface area (Å²) in [6.45, 7) is 5.38. The second-order valence-corrected chi connectivity index (χ2v) is 8.30. The first-order chi connectivity index (χ1) is 15.3. The van der Waals surface area contributed by atoms with Crippen LogP contribution in [0.3, 0.4) is 0 Å². The summed E-state index contributed by atoms with van der Waals surface area (Å²) in [6, 6.07) is 20.9. The van der Waals surface area contributed by atoms with Gasteiger partial charge in [-0.15, -0.1) is 0 Å². The van der Waals surface area contributed by atoms with E-state index in [1.165, 1.54) is 5.69 Å². The van der Waals surface area contributed by atoms with Gasteiger partial charge in [0.25, 0.3) is 0 Å². The Hall–Kier alpha value is -2.74. The molecular weight excluding hydrogens is 406 g/mol. The summed E-state index contributed by atoms with van der Waals surface area (Å²) >= 11 is 5.83. The van der Waals surface area contributed by atoms with E-state index in [0.717, 1.165) is 55.9 Å². The first-order valence-electron chi connectivity index (χ1n) is 10.8. The number of hydrogen-bond donors (Lipinski definition) is 1. The van der Waals surface area contributed by atoms with Gasteiger partial charge in [-0.2, -0.15) is 0 Å². The van der Waals surface area contributed by atoms with Crippen molar-refractivity contribution in [2.75, 3.05) is 39.4 Å². The summed E-state index contributed by atoms with van der Waals surface area (Å²) in [5.74, 6) is 0. The Labute approximate surface area is 188 Å². The van der Waals surface area contributed by atoms with Gasteiger partial charge in [-0.05, 0) is 48.6 Å². The second kappa shape index (κ2) is 9.18. The summed E-state index contributed by atoms with van der Waals surface area (Å²) in [5.41, 5.74) is 3.36. The zero-order valence-electron chi connectivity index (χ0n) is 17.4. The van der Waals surface area contributed by atoms with E-state index < -0.39 is 0 Å². The molecule has 0 saturated carbocycles. The molecule has 5 rings (SSSR count). The molecule has 0 radical (unpaired) electrons. The van der Waals surface area contributed by atoms with E-state index in [4.69, 9.17) is 17.0 Å². The lowest BCUT2D eigenvalue weighted by atomic mass is 10.0. The molecule has 6 nitrogen and oxygen atoms in total. The number of thiocarbonyl (C=S) groups is 1. The van der Waals surface area contributed by atoms with Crippen molar-refractivity contribution in [2.45, 2.75) is 12.1 Å². The molecule has 1 aromatic carbocycles. The van der Waals surface area contributed by atoms with Crippen molar-refractivity contribution in [3.63, 3.8) is 0 Å². The minimum Gasteiger partial charge on any atom is -0.379 e. The molecule has 2 aliphatic heterocycles. The number of nitrogens with zero attached hydrogens (tertiary/aromatic N) is 4. The fourth-order valence-corrected chi connectivity index (χ4v) is 4.83. The van der Waals surface area contributed by atoms with Crippen molar-refractivity contribution in [1.82, 2.24) is 24.7 Å². The summed E-state index contributed by atoms with van der Waals surface area (Å²) in [6.07, 6.45) is 3.98. The molecule has 31 heavy (non-hydrogen) atoms. The first kappa shape index (κ1) is 20.2. The van der Waals surface area contributed by atoms with Crippen molar-refractivity contribution in [1.29, 1.82) is 0 Å². The van der Waals surface area contributed by atoms with Crippen LogP contribution in [0.1, 0.15) is 23.5 Å². The lowest BCUT2D eigenvalue weighted by molar-refractivity contribution is 0.0349. The molecule has 0 bridgehead atoms. The lowest BCUT2D eigenvalue weighted by Crippen LogP contribution is -2.42. The van der Waals surface area contributed by atoms with Gasteiger partial charge in [0.2, 0.25) is 0 Å². The van der Waals surface area contributed by atoms with Crippen LogP contribution in [0.2, 0.25) is 0 Å². The molecule has 160 valence electrons. The zero-order valence-corrected chi connectivity index (χ0v) is 18.2. The topological polar surface area (TPSA) is 45.6 Å². The Morgan fingerprint density at radius 3 is 2.55 bits per heavy atom. The minimum atomic E-state index is -0.00393. The molecule has 2 unspecified atom stereocenters. The lowest BCUT2D eigenvalue weighted by Gasteiger charge is -2.32. The van der Waals surface area contributed by atoms with Crippen LogP contribution in [0.5, 0.6) is 0 Å². The van der Waals surface area contributed by atoms with Crippen molar-refractivity contribution in [2.24, 2.45) is 0 Å². The number of nitrogens with one attached hydrogen (secondary N) is 1. The summed E-state index contributed by atoms with van der Waals surface area (Å²) in [7, 11) is 0. The van der Waals surface area contributed by atoms with Crippen LogP contribution >= 0.6 is 12.2 Å². The van der Waals surface area contributed by atoms with Crippen LogP contribution in [0, 0.1) is 0 Å². The molecule has 0 spiro atoms. The number of hydrogen-bond acceptors (Lipinski definition) is 4. The van der Waals surface area contributed by atoms with E-state index in [1.807, 2.05) is 24.4 Å². The third-order valence-electron chi connectivity index (χ3n) is 6.08. The number of morpholine rings is 1. The Balaban J connectivity index is 1.49. The van der Waals surface area contributed by atoms with Crippen molar-refractivity contribution in [3.05, 3.63) is 84.4 Å². The number of benzene rings is 1. The molecule has 3 aromatic rings. The first-order valence-corrected chi connectivity index (χ1v) is 11.2. The number of rotatable bonds is 6. The van der Waals surface area contributed by atoms with Gasteiger partial charge in [0.05, 0.1) is 31.0 Å². The smallest absolute Gasteiger partial charge is 0.170 e.